The number of carbonyl (C=O) groups excluding carboxylic acids is 2. The molecule has 9 rings (SSSR count). The van der Waals surface area contributed by atoms with Crippen LogP contribution in [-0.4, -0.2) is 69.5 Å². The molecule has 0 saturated carbocycles. The minimum Gasteiger partial charge on any atom is -0.423 e. The number of halogens is 1. The van der Waals surface area contributed by atoms with E-state index in [9.17, 15) is 9.59 Å². The smallest absolute Gasteiger partial charge is 0.423 e. The van der Waals surface area contributed by atoms with E-state index in [1.807, 2.05) is 80.6 Å². The Balaban J connectivity index is 0.000000201. The molecule has 3 N–H and O–H groups in total. The summed E-state index contributed by atoms with van der Waals surface area (Å²) in [6.45, 7) is 9.22. The van der Waals surface area contributed by atoms with E-state index >= 15 is 0 Å². The van der Waals surface area contributed by atoms with Crippen molar-refractivity contribution in [2.75, 3.05) is 9.80 Å². The molecule has 0 saturated heterocycles. The maximum atomic E-state index is 12.7. The molecular weight excluding hydrogens is 841 g/mol. The van der Waals surface area contributed by atoms with Gasteiger partial charge in [-0.15, -0.1) is 10.2 Å². The summed E-state index contributed by atoms with van der Waals surface area (Å²) in [6.07, 6.45) is 3.98. The fourth-order valence-corrected chi connectivity index (χ4v) is 7.40. The third-order valence-electron chi connectivity index (χ3n) is 10.5. The number of aromatic nitrogens is 8. The molecular formula is C48H51BClN11O4. The van der Waals surface area contributed by atoms with Crippen molar-refractivity contribution in [1.29, 1.82) is 5.26 Å². The minimum atomic E-state index is -1.36. The van der Waals surface area contributed by atoms with Gasteiger partial charge < -0.3 is 10.0 Å². The Hall–Kier alpha value is -7.19. The summed E-state index contributed by atoms with van der Waals surface area (Å²) in [5, 5.41) is 40.9. The molecule has 0 radical (unpaired) electrons. The Kier molecular flexibility index (Phi) is 16.5. The quantitative estimate of drug-likeness (QED) is 0.0957. The maximum absolute atomic E-state index is 12.7. The molecule has 0 unspecified atom stereocenters. The number of hydrogen-bond donors (Lipinski definition) is 3. The van der Waals surface area contributed by atoms with Gasteiger partial charge in [0.15, 0.2) is 5.82 Å². The van der Waals surface area contributed by atoms with E-state index in [0.717, 1.165) is 38.9 Å². The number of nitrogens with one attached hydrogen (secondary N) is 1. The summed E-state index contributed by atoms with van der Waals surface area (Å²) in [7, 11) is -1.36. The first-order valence-corrected chi connectivity index (χ1v) is 20.6. The SMILES string of the molecule is C.C.CC(C)c1ccccc1-c1ncc2c(n1)N(Cc1ccc(-c3nn[nH]n3)cc1)C(=O)C2.CC(C)c1ccccc1B(O)O.N#Cc1ccc(CN2C(=O)Cc3cnc(Cl)nc32)cc1. The van der Waals surface area contributed by atoms with Gasteiger partial charge in [-0.1, -0.05) is 127 Å². The molecule has 7 aromatic rings. The fraction of sp³-hybridized carbons (Fsp3) is 0.250. The predicted molar refractivity (Wildman–Crippen MR) is 253 cm³/mol. The van der Waals surface area contributed by atoms with Gasteiger partial charge in [0.2, 0.25) is 22.9 Å². The molecule has 0 atom stereocenters. The second-order valence-corrected chi connectivity index (χ2v) is 15.8. The molecule has 2 aliphatic rings. The van der Waals surface area contributed by atoms with E-state index in [2.05, 4.69) is 61.6 Å². The van der Waals surface area contributed by atoms with Crippen molar-refractivity contribution in [2.45, 2.75) is 80.3 Å². The number of aromatic amines is 1. The van der Waals surface area contributed by atoms with Gasteiger partial charge in [-0.2, -0.15) is 15.5 Å². The van der Waals surface area contributed by atoms with Crippen LogP contribution in [0.5, 0.6) is 0 Å². The molecule has 0 fully saturated rings. The third kappa shape index (κ3) is 11.5. The van der Waals surface area contributed by atoms with Gasteiger partial charge >= 0.3 is 7.12 Å². The molecule has 332 valence electrons. The maximum Gasteiger partial charge on any atom is 0.488 e. The Morgan fingerprint density at radius 2 is 1.26 bits per heavy atom. The molecule has 0 spiro atoms. The number of fused-ring (bicyclic) bond motifs is 2. The van der Waals surface area contributed by atoms with Crippen LogP contribution in [0, 0.1) is 11.3 Å². The van der Waals surface area contributed by atoms with Crippen LogP contribution in [0.1, 0.15) is 93.3 Å². The third-order valence-corrected chi connectivity index (χ3v) is 10.7. The van der Waals surface area contributed by atoms with Gasteiger partial charge in [0.05, 0.1) is 37.6 Å². The van der Waals surface area contributed by atoms with Crippen molar-refractivity contribution >= 4 is 47.6 Å². The van der Waals surface area contributed by atoms with Gasteiger partial charge in [0.25, 0.3) is 0 Å². The lowest BCUT2D eigenvalue weighted by Gasteiger charge is -2.18. The molecule has 5 heterocycles. The minimum absolute atomic E-state index is 0. The Morgan fingerprint density at radius 1 is 0.723 bits per heavy atom. The number of benzene rings is 4. The summed E-state index contributed by atoms with van der Waals surface area (Å²) < 4.78 is 0. The number of anilines is 2. The van der Waals surface area contributed by atoms with Crippen LogP contribution in [0.2, 0.25) is 5.28 Å². The Bertz CT molecular complexity index is 2740. The van der Waals surface area contributed by atoms with E-state index in [-0.39, 0.29) is 32.0 Å². The summed E-state index contributed by atoms with van der Waals surface area (Å²) >= 11 is 5.78. The second kappa shape index (κ2) is 21.9. The highest BCUT2D eigenvalue weighted by atomic mass is 35.5. The number of amides is 2. The van der Waals surface area contributed by atoms with Crippen LogP contribution in [0.4, 0.5) is 11.6 Å². The van der Waals surface area contributed by atoms with Crippen molar-refractivity contribution < 1.29 is 19.6 Å². The van der Waals surface area contributed by atoms with Crippen molar-refractivity contribution in [3.05, 3.63) is 154 Å². The van der Waals surface area contributed by atoms with Gasteiger partial charge in [-0.25, -0.2) is 15.0 Å². The van der Waals surface area contributed by atoms with Crippen LogP contribution < -0.4 is 15.3 Å². The average molecular weight is 892 g/mol. The van der Waals surface area contributed by atoms with E-state index in [1.54, 1.807) is 46.5 Å². The average Bonchev–Trinajstić information content (AvgIpc) is 4.02. The molecule has 4 aromatic carbocycles. The van der Waals surface area contributed by atoms with Crippen LogP contribution in [0.25, 0.3) is 22.8 Å². The number of nitriles is 1. The van der Waals surface area contributed by atoms with Crippen LogP contribution in [-0.2, 0) is 35.5 Å². The zero-order chi connectivity index (χ0) is 44.6. The summed E-state index contributed by atoms with van der Waals surface area (Å²) in [4.78, 5) is 45.5. The van der Waals surface area contributed by atoms with Crippen LogP contribution >= 0.6 is 11.6 Å². The van der Waals surface area contributed by atoms with Gasteiger partial charge in [-0.3, -0.25) is 19.4 Å². The van der Waals surface area contributed by atoms with E-state index in [0.29, 0.717) is 72.1 Å². The first kappa shape index (κ1) is 48.8. The molecule has 65 heavy (non-hydrogen) atoms. The lowest BCUT2D eigenvalue weighted by Crippen LogP contribution is -2.33. The van der Waals surface area contributed by atoms with Crippen LogP contribution in [0.15, 0.2) is 109 Å². The first-order valence-electron chi connectivity index (χ1n) is 20.2. The van der Waals surface area contributed by atoms with Crippen LogP contribution in [0.3, 0.4) is 0 Å². The van der Waals surface area contributed by atoms with Gasteiger partial charge in [-0.05, 0) is 68.5 Å². The standard InChI is InChI=1S/C23H21N7O.C14H9ClN4O.C9H13BO2.2CH4/c1-14(2)18-5-3-4-6-19(18)22-24-12-17-11-20(31)30(23(17)25-22)13-15-7-9-16(10-8-15)21-26-28-29-27-21;15-14-17-7-11-5-12(20)19(13(11)18-14)8-10-3-1-9(6-16)2-4-10;1-7(2)8-5-3-4-6-9(8)10(11)12;;/h3-10,12,14H,11,13H2,1-2H3,(H,26,27,28,29);1-4,7H,5,8H2;3-7,11-12H,1-2H3;2*1H4. The second-order valence-electron chi connectivity index (χ2n) is 15.5. The predicted octanol–water partition coefficient (Wildman–Crippen LogP) is 7.39. The number of rotatable bonds is 9. The van der Waals surface area contributed by atoms with E-state index in [1.165, 1.54) is 5.56 Å². The first-order chi connectivity index (χ1) is 30.4. The van der Waals surface area contributed by atoms with Gasteiger partial charge in [0.1, 0.15) is 11.6 Å². The number of nitrogens with zero attached hydrogens (tertiary/aromatic N) is 10. The number of H-pyrrole nitrogens is 1. The number of carbonyl (C=O) groups is 2. The lowest BCUT2D eigenvalue weighted by atomic mass is 9.74. The molecule has 15 nitrogen and oxygen atoms in total. The van der Waals surface area contributed by atoms with Crippen molar-refractivity contribution in [3.8, 4) is 28.8 Å². The number of hydrogen-bond acceptors (Lipinski definition) is 12. The normalized spacial score (nSPS) is 12.2. The number of tetrazole rings is 1. The summed E-state index contributed by atoms with van der Waals surface area (Å²) in [5.41, 5.74) is 8.82. The summed E-state index contributed by atoms with van der Waals surface area (Å²) in [6, 6.07) is 32.5. The zero-order valence-corrected chi connectivity index (χ0v) is 35.8. The zero-order valence-electron chi connectivity index (χ0n) is 35.0. The highest BCUT2D eigenvalue weighted by Gasteiger charge is 2.31. The van der Waals surface area contributed by atoms with E-state index in [4.69, 9.17) is 31.9 Å². The highest BCUT2D eigenvalue weighted by molar-refractivity contribution is 6.59. The molecule has 2 aliphatic heterocycles. The fourth-order valence-electron chi connectivity index (χ4n) is 7.27. The highest BCUT2D eigenvalue weighted by Crippen LogP contribution is 2.33. The van der Waals surface area contributed by atoms with Gasteiger partial charge in [0, 0.05) is 34.6 Å². The Morgan fingerprint density at radius 3 is 1.80 bits per heavy atom. The largest absolute Gasteiger partial charge is 0.488 e. The van der Waals surface area contributed by atoms with Crippen molar-refractivity contribution in [2.24, 2.45) is 0 Å². The lowest BCUT2D eigenvalue weighted by molar-refractivity contribution is -0.118. The van der Waals surface area contributed by atoms with E-state index < -0.39 is 7.12 Å². The Labute approximate surface area is 384 Å². The van der Waals surface area contributed by atoms with Crippen molar-refractivity contribution in [3.63, 3.8) is 0 Å². The molecule has 0 bridgehead atoms. The molecule has 0 aliphatic carbocycles. The summed E-state index contributed by atoms with van der Waals surface area (Å²) in [5.74, 6) is 3.12. The molecule has 3 aromatic heterocycles. The molecule has 17 heteroatoms. The van der Waals surface area contributed by atoms with Crippen molar-refractivity contribution in [1.82, 2.24) is 40.6 Å². The molecule has 2 amide bonds. The topological polar surface area (TPSA) is 211 Å². The monoisotopic (exact) mass is 891 g/mol.